The number of carbonyl (C=O) groups is 1. The van der Waals surface area contributed by atoms with Gasteiger partial charge in [-0.25, -0.2) is 0 Å². The Morgan fingerprint density at radius 2 is 2.04 bits per heavy atom. The highest BCUT2D eigenvalue weighted by Gasteiger charge is 2.33. The first kappa shape index (κ1) is 19.0. The Morgan fingerprint density at radius 1 is 1.26 bits per heavy atom. The summed E-state index contributed by atoms with van der Waals surface area (Å²) in [6.07, 6.45) is 1.77. The molecule has 1 aliphatic heterocycles. The summed E-state index contributed by atoms with van der Waals surface area (Å²) < 4.78 is 11.1. The summed E-state index contributed by atoms with van der Waals surface area (Å²) in [6.45, 7) is 1.88. The molecule has 0 aliphatic carbocycles. The van der Waals surface area contributed by atoms with E-state index in [1.807, 2.05) is 37.3 Å². The number of para-hydroxylation sites is 1. The van der Waals surface area contributed by atoms with Crippen molar-refractivity contribution in [3.63, 3.8) is 0 Å². The molecule has 1 amide bonds. The van der Waals surface area contributed by atoms with Gasteiger partial charge in [0.1, 0.15) is 6.07 Å². The number of nitriles is 1. The first-order chi connectivity index (χ1) is 13.0. The zero-order valence-electron chi connectivity index (χ0n) is 14.8. The van der Waals surface area contributed by atoms with Crippen LogP contribution in [0.4, 0.5) is 5.69 Å². The van der Waals surface area contributed by atoms with Gasteiger partial charge in [-0.3, -0.25) is 9.69 Å². The summed E-state index contributed by atoms with van der Waals surface area (Å²) in [5, 5.41) is 8.65. The molecule has 136 valence electrons. The maximum Gasteiger partial charge on any atom is 0.270 e. The number of benzene rings is 2. The lowest BCUT2D eigenvalue weighted by molar-refractivity contribution is -0.113. The van der Waals surface area contributed by atoms with Crippen LogP contribution in [0.2, 0.25) is 0 Å². The SMILES string of the molecule is COc1cc(/C=C2/SC(=S)N(c3ccccc3C)C2=O)ccc1OCC#N. The number of carbonyl (C=O) groups excluding carboxylic acids is 1. The molecular formula is C20H16N2O3S2. The van der Waals surface area contributed by atoms with Crippen LogP contribution in [0, 0.1) is 18.3 Å². The van der Waals surface area contributed by atoms with E-state index in [0.29, 0.717) is 20.7 Å². The molecule has 1 fully saturated rings. The van der Waals surface area contributed by atoms with E-state index in [4.69, 9.17) is 27.0 Å². The van der Waals surface area contributed by atoms with Crippen molar-refractivity contribution in [2.24, 2.45) is 0 Å². The molecule has 0 N–H and O–H groups in total. The molecule has 0 saturated carbocycles. The van der Waals surface area contributed by atoms with Crippen LogP contribution in [0.25, 0.3) is 6.08 Å². The fraction of sp³-hybridized carbons (Fsp3) is 0.150. The monoisotopic (exact) mass is 396 g/mol. The Kier molecular flexibility index (Phi) is 5.79. The van der Waals surface area contributed by atoms with E-state index >= 15 is 0 Å². The second-order valence-corrected chi connectivity index (χ2v) is 7.34. The van der Waals surface area contributed by atoms with Gasteiger partial charge in [-0.15, -0.1) is 0 Å². The van der Waals surface area contributed by atoms with Gasteiger partial charge in [0.2, 0.25) is 0 Å². The van der Waals surface area contributed by atoms with E-state index in [1.54, 1.807) is 29.2 Å². The molecule has 7 heteroatoms. The maximum absolute atomic E-state index is 12.9. The van der Waals surface area contributed by atoms with Gasteiger partial charge in [0.05, 0.1) is 17.7 Å². The average Bonchev–Trinajstić information content (AvgIpc) is 2.94. The Morgan fingerprint density at radius 3 is 2.74 bits per heavy atom. The van der Waals surface area contributed by atoms with Gasteiger partial charge in [-0.2, -0.15) is 5.26 Å². The van der Waals surface area contributed by atoms with Gasteiger partial charge in [0.15, 0.2) is 22.4 Å². The highest BCUT2D eigenvalue weighted by atomic mass is 32.2. The van der Waals surface area contributed by atoms with Gasteiger partial charge in [-0.05, 0) is 42.3 Å². The number of hydrogen-bond acceptors (Lipinski definition) is 6. The predicted octanol–water partition coefficient (Wildman–Crippen LogP) is 4.31. The molecule has 0 bridgehead atoms. The minimum atomic E-state index is -0.150. The van der Waals surface area contributed by atoms with Crippen molar-refractivity contribution >= 4 is 46.0 Å². The molecule has 2 aromatic rings. The van der Waals surface area contributed by atoms with Crippen molar-refractivity contribution < 1.29 is 14.3 Å². The largest absolute Gasteiger partial charge is 0.493 e. The number of nitrogens with zero attached hydrogens (tertiary/aromatic N) is 2. The lowest BCUT2D eigenvalue weighted by Gasteiger charge is -2.16. The molecule has 3 rings (SSSR count). The van der Waals surface area contributed by atoms with Gasteiger partial charge in [-0.1, -0.05) is 48.2 Å². The number of thiocarbonyl (C=S) groups is 1. The second-order valence-electron chi connectivity index (χ2n) is 5.66. The summed E-state index contributed by atoms with van der Waals surface area (Å²) in [5.74, 6) is 0.820. The van der Waals surface area contributed by atoms with Gasteiger partial charge in [0, 0.05) is 0 Å². The number of ether oxygens (including phenoxy) is 2. The van der Waals surface area contributed by atoms with E-state index < -0.39 is 0 Å². The first-order valence-corrected chi connectivity index (χ1v) is 9.29. The van der Waals surface area contributed by atoms with Crippen molar-refractivity contribution in [1.82, 2.24) is 0 Å². The van der Waals surface area contributed by atoms with E-state index in [2.05, 4.69) is 0 Å². The van der Waals surface area contributed by atoms with E-state index in [1.165, 1.54) is 18.9 Å². The summed E-state index contributed by atoms with van der Waals surface area (Å²) >= 11 is 6.69. The molecule has 0 spiro atoms. The quantitative estimate of drug-likeness (QED) is 0.554. The molecule has 0 aromatic heterocycles. The highest BCUT2D eigenvalue weighted by Crippen LogP contribution is 2.38. The van der Waals surface area contributed by atoms with Gasteiger partial charge in [0.25, 0.3) is 5.91 Å². The third-order valence-corrected chi connectivity index (χ3v) is 5.23. The molecule has 0 unspecified atom stereocenters. The molecule has 1 heterocycles. The average molecular weight is 396 g/mol. The topological polar surface area (TPSA) is 62.6 Å². The number of methoxy groups -OCH3 is 1. The third kappa shape index (κ3) is 3.97. The minimum absolute atomic E-state index is 0.0647. The summed E-state index contributed by atoms with van der Waals surface area (Å²) in [4.78, 5) is 15.0. The number of aryl methyl sites for hydroxylation is 1. The molecule has 27 heavy (non-hydrogen) atoms. The van der Waals surface area contributed by atoms with Crippen molar-refractivity contribution in [2.75, 3.05) is 18.6 Å². The van der Waals surface area contributed by atoms with Crippen LogP contribution in [0.15, 0.2) is 47.4 Å². The number of hydrogen-bond donors (Lipinski definition) is 0. The van der Waals surface area contributed by atoms with E-state index in [0.717, 1.165) is 16.8 Å². The molecular weight excluding hydrogens is 380 g/mol. The second kappa shape index (κ2) is 8.25. The lowest BCUT2D eigenvalue weighted by atomic mass is 10.1. The van der Waals surface area contributed by atoms with E-state index in [9.17, 15) is 4.79 Å². The molecule has 0 radical (unpaired) electrons. The number of rotatable bonds is 5. The predicted molar refractivity (Wildman–Crippen MR) is 111 cm³/mol. The molecule has 1 saturated heterocycles. The van der Waals surface area contributed by atoms with Crippen LogP contribution in [-0.2, 0) is 4.79 Å². The van der Waals surface area contributed by atoms with Crippen LogP contribution in [0.5, 0.6) is 11.5 Å². The van der Waals surface area contributed by atoms with E-state index in [-0.39, 0.29) is 12.5 Å². The van der Waals surface area contributed by atoms with Crippen LogP contribution < -0.4 is 14.4 Å². The maximum atomic E-state index is 12.9. The fourth-order valence-electron chi connectivity index (χ4n) is 2.64. The van der Waals surface area contributed by atoms with Crippen molar-refractivity contribution in [3.05, 3.63) is 58.5 Å². The zero-order chi connectivity index (χ0) is 19.4. The summed E-state index contributed by atoms with van der Waals surface area (Å²) in [7, 11) is 1.52. The Balaban J connectivity index is 1.90. The van der Waals surface area contributed by atoms with Crippen LogP contribution in [0.3, 0.4) is 0 Å². The summed E-state index contributed by atoms with van der Waals surface area (Å²) in [5.41, 5.74) is 2.55. The highest BCUT2D eigenvalue weighted by molar-refractivity contribution is 8.27. The Bertz CT molecular complexity index is 979. The normalized spacial score (nSPS) is 15.1. The Hall–Kier alpha value is -2.82. The Labute approximate surface area is 167 Å². The number of amides is 1. The molecule has 1 aliphatic rings. The third-order valence-electron chi connectivity index (χ3n) is 3.93. The van der Waals surface area contributed by atoms with Crippen molar-refractivity contribution in [3.8, 4) is 17.6 Å². The number of thioether (sulfide) groups is 1. The minimum Gasteiger partial charge on any atom is -0.493 e. The van der Waals surface area contributed by atoms with Crippen molar-refractivity contribution in [2.45, 2.75) is 6.92 Å². The number of anilines is 1. The van der Waals surface area contributed by atoms with Crippen LogP contribution in [-0.4, -0.2) is 23.9 Å². The summed E-state index contributed by atoms with van der Waals surface area (Å²) in [6, 6.07) is 14.8. The van der Waals surface area contributed by atoms with Crippen LogP contribution in [0.1, 0.15) is 11.1 Å². The molecule has 0 atom stereocenters. The zero-order valence-corrected chi connectivity index (χ0v) is 16.4. The van der Waals surface area contributed by atoms with Gasteiger partial charge < -0.3 is 9.47 Å². The lowest BCUT2D eigenvalue weighted by Crippen LogP contribution is -2.28. The molecule has 5 nitrogen and oxygen atoms in total. The standard InChI is InChI=1S/C20H16N2O3S2/c1-13-5-3-4-6-15(13)22-19(23)18(27-20(22)26)12-14-7-8-16(25-10-9-21)17(11-14)24-2/h3-8,11-12H,10H2,1-2H3/b18-12+. The molecule has 2 aromatic carbocycles. The smallest absolute Gasteiger partial charge is 0.270 e. The fourth-order valence-corrected chi connectivity index (χ4v) is 3.93. The van der Waals surface area contributed by atoms with Crippen LogP contribution >= 0.6 is 24.0 Å². The van der Waals surface area contributed by atoms with Crippen molar-refractivity contribution in [1.29, 1.82) is 5.26 Å². The van der Waals surface area contributed by atoms with Gasteiger partial charge >= 0.3 is 0 Å². The first-order valence-electron chi connectivity index (χ1n) is 8.06.